The molecule has 1 amide bonds. The van der Waals surface area contributed by atoms with Crippen LogP contribution in [0.2, 0.25) is 0 Å². The third-order valence-corrected chi connectivity index (χ3v) is 3.39. The Labute approximate surface area is 115 Å². The molecule has 7 heteroatoms. The van der Waals surface area contributed by atoms with E-state index in [0.29, 0.717) is 18.7 Å². The van der Waals surface area contributed by atoms with Gasteiger partial charge in [0.15, 0.2) is 0 Å². The highest BCUT2D eigenvalue weighted by molar-refractivity contribution is 5.94. The van der Waals surface area contributed by atoms with E-state index >= 15 is 0 Å². The van der Waals surface area contributed by atoms with E-state index in [1.165, 1.54) is 11.0 Å². The molecule has 2 aromatic rings. The molecule has 1 N–H and O–H groups in total. The number of rotatable bonds is 2. The molecule has 1 saturated heterocycles. The maximum absolute atomic E-state index is 12.4. The van der Waals surface area contributed by atoms with Crippen molar-refractivity contribution in [3.8, 4) is 5.69 Å². The van der Waals surface area contributed by atoms with Crippen molar-refractivity contribution in [2.75, 3.05) is 13.1 Å². The minimum atomic E-state index is -0.421. The molecule has 1 aromatic carbocycles. The summed E-state index contributed by atoms with van der Waals surface area (Å²) in [7, 11) is 0. The number of tetrazole rings is 1. The van der Waals surface area contributed by atoms with Crippen LogP contribution in [-0.4, -0.2) is 55.3 Å². The zero-order valence-corrected chi connectivity index (χ0v) is 10.9. The number of β-amino-alcohol motifs (C(OH)–C–C–N with tert-alkyl or cyclic N) is 1. The number of aliphatic hydroxyl groups is 1. The normalized spacial score (nSPS) is 19.1. The lowest BCUT2D eigenvalue weighted by Crippen LogP contribution is -2.42. The first-order chi connectivity index (χ1) is 9.74. The van der Waals surface area contributed by atoms with Crippen molar-refractivity contribution in [3.63, 3.8) is 0 Å². The Morgan fingerprint density at radius 2 is 2.30 bits per heavy atom. The zero-order valence-electron chi connectivity index (χ0n) is 10.9. The Balaban J connectivity index is 1.83. The van der Waals surface area contributed by atoms with Crippen LogP contribution in [0.1, 0.15) is 23.2 Å². The van der Waals surface area contributed by atoms with Gasteiger partial charge in [0.25, 0.3) is 5.91 Å². The quantitative estimate of drug-likeness (QED) is 0.848. The van der Waals surface area contributed by atoms with Gasteiger partial charge in [-0.2, -0.15) is 0 Å². The molecular weight excluding hydrogens is 258 g/mol. The van der Waals surface area contributed by atoms with E-state index in [4.69, 9.17) is 0 Å². The average molecular weight is 273 g/mol. The van der Waals surface area contributed by atoms with Crippen LogP contribution in [0.15, 0.2) is 30.6 Å². The van der Waals surface area contributed by atoms with Crippen LogP contribution in [-0.2, 0) is 0 Å². The second-order valence-electron chi connectivity index (χ2n) is 4.85. The number of likely N-dealkylation sites (tertiary alicyclic amines) is 1. The molecule has 0 saturated carbocycles. The van der Waals surface area contributed by atoms with Crippen molar-refractivity contribution in [2.24, 2.45) is 0 Å². The average Bonchev–Trinajstić information content (AvgIpc) is 3.01. The highest BCUT2D eigenvalue weighted by Crippen LogP contribution is 2.15. The first-order valence-electron chi connectivity index (χ1n) is 6.55. The number of aliphatic hydroxyl groups excluding tert-OH is 1. The molecule has 0 spiro atoms. The van der Waals surface area contributed by atoms with Crippen molar-refractivity contribution >= 4 is 5.91 Å². The van der Waals surface area contributed by atoms with Crippen molar-refractivity contribution in [1.29, 1.82) is 0 Å². The monoisotopic (exact) mass is 273 g/mol. The smallest absolute Gasteiger partial charge is 0.254 e. The SMILES string of the molecule is O=C(c1cccc(-n2cnnn2)c1)N1CCCC(O)C1. The first-order valence-corrected chi connectivity index (χ1v) is 6.55. The van der Waals surface area contributed by atoms with Gasteiger partial charge in [-0.15, -0.1) is 5.10 Å². The predicted octanol–water partition coefficient (Wildman–Crippen LogP) is 0.259. The molecule has 2 heterocycles. The summed E-state index contributed by atoms with van der Waals surface area (Å²) in [6.45, 7) is 1.08. The van der Waals surface area contributed by atoms with Gasteiger partial charge in [-0.1, -0.05) is 6.07 Å². The minimum Gasteiger partial charge on any atom is -0.391 e. The number of nitrogens with zero attached hydrogens (tertiary/aromatic N) is 5. The van der Waals surface area contributed by atoms with Gasteiger partial charge in [0.05, 0.1) is 11.8 Å². The number of benzene rings is 1. The molecule has 0 radical (unpaired) electrons. The van der Waals surface area contributed by atoms with E-state index in [0.717, 1.165) is 18.5 Å². The molecule has 20 heavy (non-hydrogen) atoms. The van der Waals surface area contributed by atoms with Crippen LogP contribution in [0, 0.1) is 0 Å². The number of piperidine rings is 1. The third kappa shape index (κ3) is 2.53. The highest BCUT2D eigenvalue weighted by atomic mass is 16.3. The maximum Gasteiger partial charge on any atom is 0.254 e. The number of carbonyl (C=O) groups is 1. The molecule has 1 aliphatic rings. The lowest BCUT2D eigenvalue weighted by Gasteiger charge is -2.30. The second-order valence-corrected chi connectivity index (χ2v) is 4.85. The third-order valence-electron chi connectivity index (χ3n) is 3.39. The van der Waals surface area contributed by atoms with Gasteiger partial charge < -0.3 is 10.0 Å². The van der Waals surface area contributed by atoms with Crippen molar-refractivity contribution in [3.05, 3.63) is 36.2 Å². The van der Waals surface area contributed by atoms with Gasteiger partial charge in [-0.05, 0) is 41.5 Å². The van der Waals surface area contributed by atoms with Gasteiger partial charge in [-0.25, -0.2) is 4.68 Å². The molecule has 0 bridgehead atoms. The Morgan fingerprint density at radius 1 is 1.40 bits per heavy atom. The van der Waals surface area contributed by atoms with Crippen molar-refractivity contribution in [2.45, 2.75) is 18.9 Å². The first kappa shape index (κ1) is 12.7. The second kappa shape index (κ2) is 5.38. The predicted molar refractivity (Wildman–Crippen MR) is 70.3 cm³/mol. The van der Waals surface area contributed by atoms with Crippen molar-refractivity contribution < 1.29 is 9.90 Å². The van der Waals surface area contributed by atoms with Crippen LogP contribution in [0.4, 0.5) is 0 Å². The van der Waals surface area contributed by atoms with Gasteiger partial charge in [-0.3, -0.25) is 4.79 Å². The number of aromatic nitrogens is 4. The lowest BCUT2D eigenvalue weighted by atomic mass is 10.1. The van der Waals surface area contributed by atoms with Crippen LogP contribution in [0.25, 0.3) is 5.69 Å². The largest absolute Gasteiger partial charge is 0.391 e. The topological polar surface area (TPSA) is 84.1 Å². The molecule has 104 valence electrons. The summed E-state index contributed by atoms with van der Waals surface area (Å²) in [6.07, 6.45) is 2.65. The molecule has 0 aliphatic carbocycles. The number of hydrogen-bond donors (Lipinski definition) is 1. The lowest BCUT2D eigenvalue weighted by molar-refractivity contribution is 0.0474. The summed E-state index contributed by atoms with van der Waals surface area (Å²) in [6, 6.07) is 7.14. The maximum atomic E-state index is 12.4. The summed E-state index contributed by atoms with van der Waals surface area (Å²) in [5, 5.41) is 20.6. The number of amides is 1. The molecule has 1 atom stereocenters. The fourth-order valence-electron chi connectivity index (χ4n) is 2.38. The van der Waals surface area contributed by atoms with Gasteiger partial charge in [0.1, 0.15) is 6.33 Å². The standard InChI is InChI=1S/C13H15N5O2/c19-12-5-2-6-17(8-12)13(20)10-3-1-4-11(7-10)18-9-14-15-16-18/h1,3-4,7,9,12,19H,2,5-6,8H2. The van der Waals surface area contributed by atoms with E-state index in [2.05, 4.69) is 15.5 Å². The molecule has 1 unspecified atom stereocenters. The van der Waals surface area contributed by atoms with Gasteiger partial charge in [0, 0.05) is 18.7 Å². The summed E-state index contributed by atoms with van der Waals surface area (Å²) < 4.78 is 1.50. The summed E-state index contributed by atoms with van der Waals surface area (Å²) in [5.74, 6) is -0.0707. The molecule has 1 aromatic heterocycles. The van der Waals surface area contributed by atoms with E-state index in [9.17, 15) is 9.90 Å². The molecule has 1 fully saturated rings. The number of carbonyl (C=O) groups excluding carboxylic acids is 1. The summed E-state index contributed by atoms with van der Waals surface area (Å²) >= 11 is 0. The molecule has 3 rings (SSSR count). The van der Waals surface area contributed by atoms with Crippen LogP contribution in [0.5, 0.6) is 0 Å². The van der Waals surface area contributed by atoms with Crippen LogP contribution < -0.4 is 0 Å². The van der Waals surface area contributed by atoms with Gasteiger partial charge in [0.2, 0.25) is 0 Å². The Morgan fingerprint density at radius 3 is 3.05 bits per heavy atom. The van der Waals surface area contributed by atoms with E-state index in [-0.39, 0.29) is 5.91 Å². The van der Waals surface area contributed by atoms with Crippen LogP contribution in [0.3, 0.4) is 0 Å². The molecular formula is C13H15N5O2. The summed E-state index contributed by atoms with van der Waals surface area (Å²) in [5.41, 5.74) is 1.31. The zero-order chi connectivity index (χ0) is 13.9. The Kier molecular flexibility index (Phi) is 3.42. The Bertz CT molecular complexity index is 599. The van der Waals surface area contributed by atoms with Crippen LogP contribution >= 0.6 is 0 Å². The molecule has 1 aliphatic heterocycles. The minimum absolute atomic E-state index is 0.0707. The van der Waals surface area contributed by atoms with E-state index < -0.39 is 6.10 Å². The van der Waals surface area contributed by atoms with E-state index in [1.807, 2.05) is 6.07 Å². The molecule has 7 nitrogen and oxygen atoms in total. The van der Waals surface area contributed by atoms with E-state index in [1.54, 1.807) is 23.1 Å². The highest BCUT2D eigenvalue weighted by Gasteiger charge is 2.23. The fraction of sp³-hybridized carbons (Fsp3) is 0.385. The van der Waals surface area contributed by atoms with Gasteiger partial charge >= 0.3 is 0 Å². The van der Waals surface area contributed by atoms with Crippen molar-refractivity contribution in [1.82, 2.24) is 25.1 Å². The Hall–Kier alpha value is -2.28. The number of hydrogen-bond acceptors (Lipinski definition) is 5. The summed E-state index contributed by atoms with van der Waals surface area (Å²) in [4.78, 5) is 14.1. The fourth-order valence-corrected chi connectivity index (χ4v) is 2.38.